The van der Waals surface area contributed by atoms with E-state index in [1.165, 1.54) is 16.7 Å². The van der Waals surface area contributed by atoms with Crippen molar-refractivity contribution >= 4 is 57.6 Å². The molecule has 1 fully saturated rings. The van der Waals surface area contributed by atoms with Crippen molar-refractivity contribution in [2.24, 2.45) is 0 Å². The first kappa shape index (κ1) is 22.6. The van der Waals surface area contributed by atoms with E-state index in [1.54, 1.807) is 37.5 Å². The van der Waals surface area contributed by atoms with Crippen molar-refractivity contribution in [3.05, 3.63) is 81.7 Å². The van der Waals surface area contributed by atoms with E-state index in [1.807, 2.05) is 36.4 Å². The van der Waals surface area contributed by atoms with Crippen molar-refractivity contribution < 1.29 is 23.7 Å². The number of rotatable bonds is 6. The van der Waals surface area contributed by atoms with Crippen molar-refractivity contribution in [1.82, 2.24) is 0 Å². The lowest BCUT2D eigenvalue weighted by Gasteiger charge is -2.14. The number of ether oxygens (including phenoxy) is 4. The Morgan fingerprint density at radius 2 is 1.91 bits per heavy atom. The van der Waals surface area contributed by atoms with Crippen LogP contribution in [0.2, 0.25) is 5.02 Å². The number of halogens is 1. The maximum atomic E-state index is 13.1. The highest BCUT2D eigenvalue weighted by Crippen LogP contribution is 2.41. The highest BCUT2D eigenvalue weighted by Gasteiger charge is 2.34. The molecule has 0 radical (unpaired) electrons. The second-order valence-corrected chi connectivity index (χ2v) is 9.43. The quantitative estimate of drug-likeness (QED) is 0.294. The number of hydrogen-bond acceptors (Lipinski definition) is 7. The van der Waals surface area contributed by atoms with Crippen molar-refractivity contribution in [2.75, 3.05) is 18.8 Å². The summed E-state index contributed by atoms with van der Waals surface area (Å²) < 4.78 is 22.6. The molecule has 0 N–H and O–H groups in total. The third-order valence-corrected chi connectivity index (χ3v) is 6.91. The van der Waals surface area contributed by atoms with Gasteiger partial charge in [-0.3, -0.25) is 9.69 Å². The summed E-state index contributed by atoms with van der Waals surface area (Å²) in [6.07, 6.45) is 1.78. The molecule has 1 amide bonds. The van der Waals surface area contributed by atoms with E-state index in [0.29, 0.717) is 49.5 Å². The maximum absolute atomic E-state index is 13.1. The molecule has 172 valence electrons. The normalized spacial score (nSPS) is 15.8. The van der Waals surface area contributed by atoms with E-state index in [0.717, 1.165) is 11.1 Å². The van der Waals surface area contributed by atoms with Crippen molar-refractivity contribution in [3.8, 4) is 23.0 Å². The molecule has 0 spiro atoms. The Morgan fingerprint density at radius 1 is 1.09 bits per heavy atom. The summed E-state index contributed by atoms with van der Waals surface area (Å²) in [5.74, 6) is 2.16. The van der Waals surface area contributed by atoms with Crippen LogP contribution in [0.15, 0.2) is 65.6 Å². The topological polar surface area (TPSA) is 57.2 Å². The lowest BCUT2D eigenvalue weighted by atomic mass is 10.1. The smallest absolute Gasteiger partial charge is 0.270 e. The molecule has 1 saturated heterocycles. The van der Waals surface area contributed by atoms with Gasteiger partial charge in [-0.25, -0.2) is 0 Å². The van der Waals surface area contributed by atoms with Gasteiger partial charge in [0.25, 0.3) is 5.91 Å². The van der Waals surface area contributed by atoms with Gasteiger partial charge in [0, 0.05) is 16.7 Å². The van der Waals surface area contributed by atoms with Gasteiger partial charge in [-0.1, -0.05) is 59.8 Å². The molecular formula is C25H18ClNO5S2. The van der Waals surface area contributed by atoms with Gasteiger partial charge in [0.2, 0.25) is 6.79 Å². The minimum atomic E-state index is -0.202. The van der Waals surface area contributed by atoms with Crippen molar-refractivity contribution in [3.63, 3.8) is 0 Å². The molecule has 2 aliphatic rings. The Balaban J connectivity index is 1.35. The molecule has 0 aliphatic carbocycles. The van der Waals surface area contributed by atoms with Gasteiger partial charge < -0.3 is 18.9 Å². The lowest BCUT2D eigenvalue weighted by molar-refractivity contribution is -0.113. The molecule has 0 unspecified atom stereocenters. The number of methoxy groups -OCH3 is 1. The minimum Gasteiger partial charge on any atom is -0.493 e. The zero-order chi connectivity index (χ0) is 23.7. The molecule has 2 heterocycles. The number of benzene rings is 3. The highest BCUT2D eigenvalue weighted by molar-refractivity contribution is 8.27. The fourth-order valence-electron chi connectivity index (χ4n) is 3.53. The first-order chi connectivity index (χ1) is 16.5. The molecular weight excluding hydrogens is 494 g/mol. The summed E-state index contributed by atoms with van der Waals surface area (Å²) in [5.41, 5.74) is 2.30. The Bertz CT molecular complexity index is 1330. The van der Waals surface area contributed by atoms with Crippen molar-refractivity contribution in [1.29, 1.82) is 0 Å². The van der Waals surface area contributed by atoms with Gasteiger partial charge in [0.05, 0.1) is 17.7 Å². The molecule has 0 atom stereocenters. The van der Waals surface area contributed by atoms with Crippen LogP contribution in [0.25, 0.3) is 6.08 Å². The largest absolute Gasteiger partial charge is 0.493 e. The van der Waals surface area contributed by atoms with Gasteiger partial charge in [-0.15, -0.1) is 0 Å². The first-order valence-electron chi connectivity index (χ1n) is 10.3. The van der Waals surface area contributed by atoms with Gasteiger partial charge >= 0.3 is 0 Å². The third-order valence-electron chi connectivity index (χ3n) is 5.23. The van der Waals surface area contributed by atoms with Crippen LogP contribution in [0.4, 0.5) is 5.69 Å². The van der Waals surface area contributed by atoms with Crippen LogP contribution in [0, 0.1) is 0 Å². The molecule has 5 rings (SSSR count). The zero-order valence-electron chi connectivity index (χ0n) is 17.9. The van der Waals surface area contributed by atoms with Crippen LogP contribution < -0.4 is 23.8 Å². The molecule has 3 aromatic carbocycles. The number of anilines is 1. The predicted molar refractivity (Wildman–Crippen MR) is 137 cm³/mol. The Morgan fingerprint density at radius 3 is 2.74 bits per heavy atom. The van der Waals surface area contributed by atoms with E-state index in [2.05, 4.69) is 0 Å². The number of nitrogens with zero attached hydrogens (tertiary/aromatic N) is 1. The number of carbonyl (C=O) groups excluding carboxylic acids is 1. The van der Waals surface area contributed by atoms with Gasteiger partial charge in [-0.05, 0) is 42.0 Å². The fraction of sp³-hybridized carbons (Fsp3) is 0.120. The first-order valence-corrected chi connectivity index (χ1v) is 11.9. The molecule has 9 heteroatoms. The summed E-state index contributed by atoms with van der Waals surface area (Å²) in [6.45, 7) is 0.473. The monoisotopic (exact) mass is 511 g/mol. The maximum Gasteiger partial charge on any atom is 0.270 e. The Kier molecular flexibility index (Phi) is 6.36. The summed E-state index contributed by atoms with van der Waals surface area (Å²) in [5, 5.41) is 0.641. The standard InChI is InChI=1S/C25H18ClNO5S2/c1-29-21-10-15(6-8-19(21)30-13-16-4-2-3-5-18(16)26)11-23-24(28)27(25(33)34-23)17-7-9-20-22(12-17)32-14-31-20/h2-12H,13-14H2,1H3/b23-11+. The van der Waals surface area contributed by atoms with Gasteiger partial charge in [0.1, 0.15) is 6.61 Å². The van der Waals surface area contributed by atoms with E-state index < -0.39 is 0 Å². The van der Waals surface area contributed by atoms with Crippen LogP contribution in [-0.4, -0.2) is 24.1 Å². The molecule has 3 aromatic rings. The molecule has 0 bridgehead atoms. The number of thioether (sulfide) groups is 1. The van der Waals surface area contributed by atoms with E-state index in [-0.39, 0.29) is 12.7 Å². The average molecular weight is 512 g/mol. The number of fused-ring (bicyclic) bond motifs is 1. The molecule has 0 aromatic heterocycles. The summed E-state index contributed by atoms with van der Waals surface area (Å²) in [6, 6.07) is 18.3. The number of amides is 1. The lowest BCUT2D eigenvalue weighted by Crippen LogP contribution is -2.27. The highest BCUT2D eigenvalue weighted by atomic mass is 35.5. The third kappa shape index (κ3) is 4.44. The van der Waals surface area contributed by atoms with Crippen molar-refractivity contribution in [2.45, 2.75) is 6.61 Å². The number of thiocarbonyl (C=S) groups is 1. The Hall–Kier alpha value is -3.20. The number of carbonyl (C=O) groups is 1. The summed E-state index contributed by atoms with van der Waals surface area (Å²) >= 11 is 12.9. The van der Waals surface area contributed by atoms with E-state index in [9.17, 15) is 4.79 Å². The second-order valence-electron chi connectivity index (χ2n) is 7.35. The van der Waals surface area contributed by atoms with Gasteiger partial charge in [-0.2, -0.15) is 0 Å². The molecule has 34 heavy (non-hydrogen) atoms. The fourth-order valence-corrected chi connectivity index (χ4v) is 5.02. The number of hydrogen-bond donors (Lipinski definition) is 0. The molecule has 2 aliphatic heterocycles. The zero-order valence-corrected chi connectivity index (χ0v) is 20.3. The predicted octanol–water partition coefficient (Wildman–Crippen LogP) is 6.06. The molecule has 0 saturated carbocycles. The van der Waals surface area contributed by atoms with Crippen LogP contribution in [0.5, 0.6) is 23.0 Å². The SMILES string of the molecule is COc1cc(/C=C2/SC(=S)N(c3ccc4c(c3)OCO4)C2=O)ccc1OCc1ccccc1Cl. The second kappa shape index (κ2) is 9.58. The Labute approximate surface area is 211 Å². The van der Waals surface area contributed by atoms with E-state index in [4.69, 9.17) is 42.8 Å². The minimum absolute atomic E-state index is 0.164. The average Bonchev–Trinajstić information content (AvgIpc) is 3.42. The molecule has 6 nitrogen and oxygen atoms in total. The van der Waals surface area contributed by atoms with E-state index >= 15 is 0 Å². The summed E-state index contributed by atoms with van der Waals surface area (Å²) in [7, 11) is 1.57. The van der Waals surface area contributed by atoms with Crippen LogP contribution in [0.1, 0.15) is 11.1 Å². The van der Waals surface area contributed by atoms with Crippen LogP contribution in [-0.2, 0) is 11.4 Å². The van der Waals surface area contributed by atoms with Crippen LogP contribution in [0.3, 0.4) is 0 Å². The van der Waals surface area contributed by atoms with Crippen LogP contribution >= 0.6 is 35.6 Å². The van der Waals surface area contributed by atoms with Gasteiger partial charge in [0.15, 0.2) is 27.3 Å². The summed E-state index contributed by atoms with van der Waals surface area (Å²) in [4.78, 5) is 15.1.